The van der Waals surface area contributed by atoms with Gasteiger partial charge < -0.3 is 20.3 Å². The zero-order chi connectivity index (χ0) is 15.9. The van der Waals surface area contributed by atoms with E-state index in [1.54, 1.807) is 0 Å². The molecular weight excluding hydrogens is 290 g/mol. The lowest BCUT2D eigenvalue weighted by molar-refractivity contribution is -0.126. The molecule has 2 N–H and O–H groups in total. The van der Waals surface area contributed by atoms with Crippen molar-refractivity contribution in [2.45, 2.75) is 70.1 Å². The van der Waals surface area contributed by atoms with E-state index >= 15 is 0 Å². The summed E-state index contributed by atoms with van der Waals surface area (Å²) in [5, 5.41) is 6.58. The number of likely N-dealkylation sites (tertiary alicyclic amines) is 1. The van der Waals surface area contributed by atoms with Crippen LogP contribution in [0.15, 0.2) is 0 Å². The molecule has 2 saturated heterocycles. The Labute approximate surface area is 139 Å². The minimum Gasteiger partial charge on any atom is -0.377 e. The summed E-state index contributed by atoms with van der Waals surface area (Å²) in [7, 11) is 0. The highest BCUT2D eigenvalue weighted by Crippen LogP contribution is 2.60. The number of piperidine rings is 1. The van der Waals surface area contributed by atoms with Crippen LogP contribution in [0.2, 0.25) is 0 Å². The zero-order valence-corrected chi connectivity index (χ0v) is 14.4. The Hall–Kier alpha value is -0.810. The van der Waals surface area contributed by atoms with E-state index in [-0.39, 0.29) is 11.4 Å². The molecule has 1 spiro atoms. The van der Waals surface area contributed by atoms with Crippen LogP contribution in [0.5, 0.6) is 0 Å². The van der Waals surface area contributed by atoms with Crippen LogP contribution in [0.3, 0.4) is 0 Å². The van der Waals surface area contributed by atoms with Crippen molar-refractivity contribution in [3.63, 3.8) is 0 Å². The summed E-state index contributed by atoms with van der Waals surface area (Å²) in [6.07, 6.45) is 8.74. The van der Waals surface area contributed by atoms with Crippen molar-refractivity contribution in [2.24, 2.45) is 11.3 Å². The van der Waals surface area contributed by atoms with Gasteiger partial charge in [0.15, 0.2) is 0 Å². The summed E-state index contributed by atoms with van der Waals surface area (Å²) >= 11 is 0. The monoisotopic (exact) mass is 321 g/mol. The summed E-state index contributed by atoms with van der Waals surface area (Å²) in [4.78, 5) is 15.0. The van der Waals surface area contributed by atoms with Gasteiger partial charge in [-0.2, -0.15) is 0 Å². The van der Waals surface area contributed by atoms with Gasteiger partial charge in [-0.15, -0.1) is 0 Å². The first kappa shape index (κ1) is 15.7. The number of carbonyl (C=O) groups excluding carboxylic acids is 1. The van der Waals surface area contributed by atoms with Crippen LogP contribution in [0.4, 0.5) is 4.79 Å². The van der Waals surface area contributed by atoms with Gasteiger partial charge in [0.2, 0.25) is 0 Å². The minimum atomic E-state index is 0.0570. The second-order valence-electron chi connectivity index (χ2n) is 7.99. The van der Waals surface area contributed by atoms with Crippen molar-refractivity contribution < 1.29 is 9.53 Å². The first-order valence-electron chi connectivity index (χ1n) is 9.64. The van der Waals surface area contributed by atoms with Gasteiger partial charge in [0.05, 0.1) is 6.10 Å². The van der Waals surface area contributed by atoms with Crippen molar-refractivity contribution >= 4 is 6.03 Å². The number of nitrogens with zero attached hydrogens (tertiary/aromatic N) is 1. The van der Waals surface area contributed by atoms with Crippen LogP contribution in [-0.4, -0.2) is 55.4 Å². The zero-order valence-electron chi connectivity index (χ0n) is 14.4. The number of hydrogen-bond donors (Lipinski definition) is 2. The lowest BCUT2D eigenvalue weighted by Gasteiger charge is -2.56. The van der Waals surface area contributed by atoms with E-state index < -0.39 is 0 Å². The molecule has 2 aliphatic carbocycles. The van der Waals surface area contributed by atoms with E-state index in [0.717, 1.165) is 45.5 Å². The molecule has 0 radical (unpaired) electrons. The molecule has 0 unspecified atom stereocenters. The van der Waals surface area contributed by atoms with Crippen LogP contribution in [0.25, 0.3) is 0 Å². The number of nitrogens with one attached hydrogen (secondary N) is 2. The average Bonchev–Trinajstić information content (AvgIpc) is 3.22. The van der Waals surface area contributed by atoms with Gasteiger partial charge >= 0.3 is 6.03 Å². The summed E-state index contributed by atoms with van der Waals surface area (Å²) in [6, 6.07) is 0.739. The maximum absolute atomic E-state index is 12.5. The number of hydrogen-bond acceptors (Lipinski definition) is 3. The molecule has 5 nitrogen and oxygen atoms in total. The predicted molar refractivity (Wildman–Crippen MR) is 89.3 cm³/mol. The number of amides is 2. The van der Waals surface area contributed by atoms with Gasteiger partial charge in [-0.1, -0.05) is 19.8 Å². The fourth-order valence-electron chi connectivity index (χ4n) is 5.67. The summed E-state index contributed by atoms with van der Waals surface area (Å²) in [6.45, 7) is 6.41. The molecule has 5 heteroatoms. The molecule has 2 saturated carbocycles. The van der Waals surface area contributed by atoms with Crippen molar-refractivity contribution in [2.75, 3.05) is 26.2 Å². The lowest BCUT2D eigenvalue weighted by atomic mass is 9.54. The molecule has 4 rings (SSSR count). The first-order chi connectivity index (χ1) is 11.2. The maximum atomic E-state index is 12.5. The SMILES string of the molecule is CCN1CCC(NC(=O)N[C@@H]2[C@@H]3CCO[C@H]3C23CCCC3)CC1. The van der Waals surface area contributed by atoms with E-state index in [2.05, 4.69) is 22.5 Å². The quantitative estimate of drug-likeness (QED) is 0.837. The standard InChI is InChI=1S/C18H31N3O2/c1-2-21-10-5-13(6-11-21)19-17(22)20-15-14-7-12-23-16(14)18(15)8-3-4-9-18/h13-16H,2-12H2,1H3,(H2,19,20,22)/t14-,15+,16+/m0/s1. The Morgan fingerprint density at radius 1 is 1.17 bits per heavy atom. The highest BCUT2D eigenvalue weighted by Gasteiger charge is 2.65. The van der Waals surface area contributed by atoms with Crippen LogP contribution in [0.1, 0.15) is 51.9 Å². The molecule has 2 amide bonds. The number of urea groups is 1. The van der Waals surface area contributed by atoms with Gasteiger partial charge in [-0.05, 0) is 38.6 Å². The van der Waals surface area contributed by atoms with E-state index in [0.29, 0.717) is 24.1 Å². The van der Waals surface area contributed by atoms with E-state index in [1.807, 2.05) is 0 Å². The van der Waals surface area contributed by atoms with Crippen LogP contribution < -0.4 is 10.6 Å². The third-order valence-corrected chi connectivity index (χ3v) is 6.94. The Bertz CT molecular complexity index is 442. The van der Waals surface area contributed by atoms with E-state index in [4.69, 9.17) is 4.74 Å². The number of rotatable bonds is 3. The third-order valence-electron chi connectivity index (χ3n) is 6.94. The molecule has 130 valence electrons. The second-order valence-corrected chi connectivity index (χ2v) is 7.99. The molecule has 4 aliphatic rings. The molecular formula is C18H31N3O2. The van der Waals surface area contributed by atoms with Crippen molar-refractivity contribution in [3.05, 3.63) is 0 Å². The molecule has 0 aromatic rings. The lowest BCUT2D eigenvalue weighted by Crippen LogP contribution is -2.69. The Morgan fingerprint density at radius 2 is 1.91 bits per heavy atom. The number of fused-ring (bicyclic) bond motifs is 2. The smallest absolute Gasteiger partial charge is 0.315 e. The van der Waals surface area contributed by atoms with E-state index in [9.17, 15) is 4.79 Å². The highest BCUT2D eigenvalue weighted by molar-refractivity contribution is 5.75. The summed E-state index contributed by atoms with van der Waals surface area (Å²) in [5.41, 5.74) is 0.254. The van der Waals surface area contributed by atoms with Crippen molar-refractivity contribution in [1.82, 2.24) is 15.5 Å². The van der Waals surface area contributed by atoms with Gasteiger partial charge in [-0.25, -0.2) is 4.79 Å². The summed E-state index contributed by atoms with van der Waals surface area (Å²) in [5.74, 6) is 0.556. The van der Waals surface area contributed by atoms with Crippen LogP contribution in [0, 0.1) is 11.3 Å². The number of ether oxygens (including phenoxy) is 1. The van der Waals surface area contributed by atoms with Gasteiger partial charge in [-0.3, -0.25) is 0 Å². The van der Waals surface area contributed by atoms with Gasteiger partial charge in [0.25, 0.3) is 0 Å². The Morgan fingerprint density at radius 3 is 2.61 bits per heavy atom. The normalized spacial score (nSPS) is 36.7. The van der Waals surface area contributed by atoms with Gasteiger partial charge in [0, 0.05) is 43.1 Å². The van der Waals surface area contributed by atoms with Gasteiger partial charge in [0.1, 0.15) is 0 Å². The second kappa shape index (κ2) is 6.25. The molecule has 4 fully saturated rings. The largest absolute Gasteiger partial charge is 0.377 e. The van der Waals surface area contributed by atoms with E-state index in [1.165, 1.54) is 25.7 Å². The van der Waals surface area contributed by atoms with Crippen LogP contribution in [-0.2, 0) is 4.74 Å². The molecule has 0 aromatic heterocycles. The molecule has 3 atom stereocenters. The minimum absolute atomic E-state index is 0.0570. The first-order valence-corrected chi connectivity index (χ1v) is 9.64. The van der Waals surface area contributed by atoms with Crippen molar-refractivity contribution in [1.29, 1.82) is 0 Å². The highest BCUT2D eigenvalue weighted by atomic mass is 16.5. The fourth-order valence-corrected chi connectivity index (χ4v) is 5.67. The Kier molecular flexibility index (Phi) is 4.26. The van der Waals surface area contributed by atoms with Crippen molar-refractivity contribution in [3.8, 4) is 0 Å². The number of carbonyl (C=O) groups is 1. The molecule has 23 heavy (non-hydrogen) atoms. The maximum Gasteiger partial charge on any atom is 0.315 e. The van der Waals surface area contributed by atoms with Crippen LogP contribution >= 0.6 is 0 Å². The molecule has 2 aliphatic heterocycles. The fraction of sp³-hybridized carbons (Fsp3) is 0.944. The topological polar surface area (TPSA) is 53.6 Å². The summed E-state index contributed by atoms with van der Waals surface area (Å²) < 4.78 is 6.00. The predicted octanol–water partition coefficient (Wildman–Crippen LogP) is 2.12. The molecule has 0 bridgehead atoms. The third kappa shape index (κ3) is 2.66. The molecule has 2 heterocycles. The Balaban J connectivity index is 1.32. The average molecular weight is 321 g/mol. The molecule has 0 aromatic carbocycles.